The molecule has 1 aromatic rings. The van der Waals surface area contributed by atoms with Crippen molar-refractivity contribution in [3.63, 3.8) is 0 Å². The molecule has 160 valence electrons. The van der Waals surface area contributed by atoms with Crippen molar-refractivity contribution in [2.24, 2.45) is 4.99 Å². The molecule has 0 unspecified atom stereocenters. The number of nitrogens with zero attached hydrogens (tertiary/aromatic N) is 2. The number of ether oxygens (including phenoxy) is 1. The molecule has 1 heterocycles. The Labute approximate surface area is 186 Å². The van der Waals surface area contributed by atoms with Crippen LogP contribution >= 0.6 is 24.0 Å². The van der Waals surface area contributed by atoms with Gasteiger partial charge in [0.05, 0.1) is 12.1 Å². The van der Waals surface area contributed by atoms with Crippen molar-refractivity contribution in [2.45, 2.75) is 66.0 Å². The lowest BCUT2D eigenvalue weighted by molar-refractivity contribution is 0.0476. The van der Waals surface area contributed by atoms with E-state index in [1.807, 2.05) is 60.7 Å². The summed E-state index contributed by atoms with van der Waals surface area (Å²) in [5.74, 6) is 0.719. The van der Waals surface area contributed by atoms with Gasteiger partial charge in [0.2, 0.25) is 0 Å². The third-order valence-corrected chi connectivity index (χ3v) is 3.49. The lowest BCUT2D eigenvalue weighted by Crippen LogP contribution is -2.49. The number of carbonyl (C=O) groups is 1. The number of halogens is 1. The van der Waals surface area contributed by atoms with E-state index in [-0.39, 0.29) is 24.0 Å². The monoisotopic (exact) mass is 505 g/mol. The predicted octanol–water partition coefficient (Wildman–Crippen LogP) is 3.41. The van der Waals surface area contributed by atoms with Crippen molar-refractivity contribution in [1.82, 2.24) is 20.9 Å². The van der Waals surface area contributed by atoms with Crippen molar-refractivity contribution in [3.8, 4) is 0 Å². The van der Waals surface area contributed by atoms with Gasteiger partial charge >= 0.3 is 6.09 Å². The highest BCUT2D eigenvalue weighted by atomic mass is 127. The number of nitrogens with one attached hydrogen (secondary N) is 3. The summed E-state index contributed by atoms with van der Waals surface area (Å²) in [6.07, 6.45) is 2.32. The summed E-state index contributed by atoms with van der Waals surface area (Å²) in [5.41, 5.74) is 1.15. The number of guanidine groups is 1. The van der Waals surface area contributed by atoms with Crippen LogP contribution in [0.1, 0.15) is 52.8 Å². The maximum Gasteiger partial charge on any atom is 0.408 e. The highest BCUT2D eigenvalue weighted by molar-refractivity contribution is 14.0. The van der Waals surface area contributed by atoms with Crippen molar-refractivity contribution in [1.29, 1.82) is 0 Å². The zero-order valence-electron chi connectivity index (χ0n) is 18.2. The van der Waals surface area contributed by atoms with E-state index in [2.05, 4.69) is 32.0 Å². The molecule has 0 atom stereocenters. The second-order valence-electron chi connectivity index (χ2n) is 8.19. The highest BCUT2D eigenvalue weighted by Gasteiger charge is 2.24. The summed E-state index contributed by atoms with van der Waals surface area (Å²) in [6.45, 7) is 15.3. The molecule has 28 heavy (non-hydrogen) atoms. The number of alkyl carbamates (subject to hydrolysis) is 1. The highest BCUT2D eigenvalue weighted by Crippen LogP contribution is 2.09. The third kappa shape index (κ3) is 12.0. The molecule has 0 spiro atoms. The molecule has 8 heteroatoms. The van der Waals surface area contributed by atoms with Gasteiger partial charge in [0.1, 0.15) is 5.60 Å². The van der Waals surface area contributed by atoms with Gasteiger partial charge in [-0.1, -0.05) is 6.07 Å². The van der Waals surface area contributed by atoms with Gasteiger partial charge in [-0.3, -0.25) is 9.98 Å². The zero-order chi connectivity index (χ0) is 20.5. The van der Waals surface area contributed by atoms with E-state index in [0.29, 0.717) is 6.54 Å². The molecule has 0 aliphatic heterocycles. The Hall–Kier alpha value is -1.58. The van der Waals surface area contributed by atoms with Gasteiger partial charge in [-0.25, -0.2) is 4.79 Å². The first kappa shape index (κ1) is 26.4. The molecular formula is C20H36IN5O2. The van der Waals surface area contributed by atoms with Crippen LogP contribution in [0.2, 0.25) is 0 Å². The first-order valence-corrected chi connectivity index (χ1v) is 9.45. The lowest BCUT2D eigenvalue weighted by Gasteiger charge is -2.27. The fraction of sp³-hybridized carbons (Fsp3) is 0.650. The van der Waals surface area contributed by atoms with Crippen LogP contribution in [-0.2, 0) is 11.2 Å². The second-order valence-corrected chi connectivity index (χ2v) is 8.19. The number of rotatable bonds is 7. The fourth-order valence-corrected chi connectivity index (χ4v) is 2.21. The van der Waals surface area contributed by atoms with Gasteiger partial charge in [0.25, 0.3) is 0 Å². The summed E-state index contributed by atoms with van der Waals surface area (Å²) in [6, 6.07) is 4.10. The van der Waals surface area contributed by atoms with E-state index in [0.717, 1.165) is 31.2 Å². The average Bonchev–Trinajstić information content (AvgIpc) is 2.52. The minimum Gasteiger partial charge on any atom is -0.444 e. The molecule has 0 aromatic carbocycles. The topological polar surface area (TPSA) is 87.6 Å². The van der Waals surface area contributed by atoms with Crippen LogP contribution in [0.15, 0.2) is 23.3 Å². The minimum atomic E-state index is -0.523. The van der Waals surface area contributed by atoms with Crippen molar-refractivity contribution < 1.29 is 9.53 Å². The van der Waals surface area contributed by atoms with E-state index in [1.54, 1.807) is 0 Å². The van der Waals surface area contributed by atoms with E-state index >= 15 is 0 Å². The molecule has 3 N–H and O–H groups in total. The average molecular weight is 505 g/mol. The molecule has 0 aliphatic rings. The number of carbonyl (C=O) groups excluding carboxylic acids is 1. The van der Waals surface area contributed by atoms with E-state index < -0.39 is 17.2 Å². The van der Waals surface area contributed by atoms with Gasteiger partial charge < -0.3 is 20.7 Å². The molecule has 0 saturated heterocycles. The minimum absolute atomic E-state index is 0. The van der Waals surface area contributed by atoms with Crippen LogP contribution in [0.4, 0.5) is 4.79 Å². The Morgan fingerprint density at radius 3 is 2.39 bits per heavy atom. The quantitative estimate of drug-likeness (QED) is 0.301. The van der Waals surface area contributed by atoms with E-state index in [4.69, 9.17) is 4.74 Å². The van der Waals surface area contributed by atoms with Gasteiger partial charge in [0, 0.05) is 25.0 Å². The number of hydrogen-bond donors (Lipinski definition) is 3. The molecule has 1 amide bonds. The first-order chi connectivity index (χ1) is 12.5. The van der Waals surface area contributed by atoms with Gasteiger partial charge in [-0.05, 0) is 66.5 Å². The van der Waals surface area contributed by atoms with E-state index in [9.17, 15) is 4.79 Å². The Morgan fingerprint density at radius 2 is 1.86 bits per heavy atom. The van der Waals surface area contributed by atoms with Crippen molar-refractivity contribution in [2.75, 3.05) is 19.6 Å². The largest absolute Gasteiger partial charge is 0.444 e. The fourth-order valence-electron chi connectivity index (χ4n) is 2.21. The first-order valence-electron chi connectivity index (χ1n) is 9.45. The van der Waals surface area contributed by atoms with Gasteiger partial charge in [-0.2, -0.15) is 0 Å². The summed E-state index contributed by atoms with van der Waals surface area (Å²) in [7, 11) is 0. The Balaban J connectivity index is 0.00000729. The molecule has 0 radical (unpaired) electrons. The lowest BCUT2D eigenvalue weighted by atomic mass is 10.1. The standard InChI is InChI=1S/C20H35N5O2.HI/c1-8-21-17(22-12-11-16-10-9-15(2)23-13-16)24-14-20(6,7)25-18(26)27-19(3,4)5;/h9-10,13H,8,11-12,14H2,1-7H3,(H,25,26)(H2,21,22,24);1H. The Kier molecular flexibility index (Phi) is 11.4. The Bertz CT molecular complexity index is 624. The maximum absolute atomic E-state index is 12.0. The summed E-state index contributed by atoms with van der Waals surface area (Å²) < 4.78 is 5.31. The van der Waals surface area contributed by atoms with Crippen molar-refractivity contribution in [3.05, 3.63) is 29.6 Å². The number of aliphatic imine (C=N–C) groups is 1. The van der Waals surface area contributed by atoms with Crippen LogP contribution in [0.3, 0.4) is 0 Å². The Morgan fingerprint density at radius 1 is 1.18 bits per heavy atom. The van der Waals surface area contributed by atoms with Crippen LogP contribution in [0, 0.1) is 6.92 Å². The molecule has 0 aliphatic carbocycles. The molecule has 7 nitrogen and oxygen atoms in total. The SMILES string of the molecule is CCNC(=NCC(C)(C)NC(=O)OC(C)(C)C)NCCc1ccc(C)nc1.I. The zero-order valence-corrected chi connectivity index (χ0v) is 20.5. The molecule has 0 saturated carbocycles. The number of amides is 1. The number of pyridine rings is 1. The normalized spacial score (nSPS) is 12.0. The molecule has 1 aromatic heterocycles. The smallest absolute Gasteiger partial charge is 0.408 e. The molecule has 0 fully saturated rings. The summed E-state index contributed by atoms with van der Waals surface area (Å²) >= 11 is 0. The number of aryl methyl sites for hydroxylation is 1. The second kappa shape index (κ2) is 12.1. The van der Waals surface area contributed by atoms with Crippen LogP contribution in [0.25, 0.3) is 0 Å². The summed E-state index contributed by atoms with van der Waals surface area (Å²) in [4.78, 5) is 20.9. The van der Waals surface area contributed by atoms with Gasteiger partial charge in [0.15, 0.2) is 5.96 Å². The molecular weight excluding hydrogens is 469 g/mol. The summed E-state index contributed by atoms with van der Waals surface area (Å²) in [5, 5.41) is 9.40. The van der Waals surface area contributed by atoms with E-state index in [1.165, 1.54) is 5.56 Å². The van der Waals surface area contributed by atoms with Gasteiger partial charge in [-0.15, -0.1) is 24.0 Å². The maximum atomic E-state index is 12.0. The number of hydrogen-bond acceptors (Lipinski definition) is 4. The molecule has 0 bridgehead atoms. The molecule has 1 rings (SSSR count). The third-order valence-electron chi connectivity index (χ3n) is 3.49. The van der Waals surface area contributed by atoms with Crippen molar-refractivity contribution >= 4 is 36.0 Å². The van der Waals surface area contributed by atoms with Crippen LogP contribution < -0.4 is 16.0 Å². The number of aromatic nitrogens is 1. The van der Waals surface area contributed by atoms with Crippen LogP contribution in [0.5, 0.6) is 0 Å². The predicted molar refractivity (Wildman–Crippen MR) is 126 cm³/mol. The van der Waals surface area contributed by atoms with Crippen LogP contribution in [-0.4, -0.2) is 47.8 Å².